The molecule has 13 nitrogen and oxygen atoms in total. The molecule has 6 N–H and O–H groups in total. The van der Waals surface area contributed by atoms with Gasteiger partial charge in [0, 0.05) is 25.1 Å². The molecule has 1 aliphatic carbocycles. The minimum atomic E-state index is -5.01. The van der Waals surface area contributed by atoms with Crippen molar-refractivity contribution < 1.29 is 36.3 Å². The van der Waals surface area contributed by atoms with E-state index in [2.05, 4.69) is 21.3 Å². The molecule has 5 atom stereocenters. The second-order valence-electron chi connectivity index (χ2n) is 11.1. The quantitative estimate of drug-likeness (QED) is 0.177. The van der Waals surface area contributed by atoms with E-state index in [9.17, 15) is 36.3 Å². The molecule has 1 unspecified atom stereocenters. The third-order valence-corrected chi connectivity index (χ3v) is 9.10. The van der Waals surface area contributed by atoms with E-state index < -0.39 is 68.7 Å². The number of nitrogens with zero attached hydrogens (tertiary/aromatic N) is 1. The average molecular weight is 647 g/mol. The first-order valence-corrected chi connectivity index (χ1v) is 15.8. The lowest BCUT2D eigenvalue weighted by atomic mass is 10.0. The van der Waals surface area contributed by atoms with Gasteiger partial charge in [-0.2, -0.15) is 8.42 Å². The fourth-order valence-corrected chi connectivity index (χ4v) is 5.26. The van der Waals surface area contributed by atoms with E-state index >= 15 is 0 Å². The second kappa shape index (κ2) is 15.1. The van der Waals surface area contributed by atoms with E-state index in [1.807, 2.05) is 6.07 Å². The lowest BCUT2D eigenvalue weighted by Crippen LogP contribution is -2.59. The molecule has 45 heavy (non-hydrogen) atoms. The predicted molar refractivity (Wildman–Crippen MR) is 164 cm³/mol. The van der Waals surface area contributed by atoms with Crippen LogP contribution in [0.3, 0.4) is 0 Å². The van der Waals surface area contributed by atoms with Gasteiger partial charge in [-0.15, -0.1) is 3.89 Å². The first kappa shape index (κ1) is 35.1. The zero-order chi connectivity index (χ0) is 33.4. The molecule has 2 aliphatic rings. The molecule has 0 bridgehead atoms. The second-order valence-corrected chi connectivity index (χ2v) is 12.8. The maximum absolute atomic E-state index is 13.8. The number of likely N-dealkylation sites (tertiary alicyclic amines) is 1. The van der Waals surface area contributed by atoms with Gasteiger partial charge < -0.3 is 31.9 Å². The molecule has 1 saturated heterocycles. The number of carbonyl (C=O) groups excluding carboxylic acids is 5. The minimum absolute atomic E-state index is 0.0194. The van der Waals surface area contributed by atoms with E-state index in [4.69, 9.17) is 5.73 Å². The van der Waals surface area contributed by atoms with Crippen molar-refractivity contribution in [3.8, 4) is 0 Å². The zero-order valence-electron chi connectivity index (χ0n) is 25.3. The maximum Gasteiger partial charge on any atom is 0.315 e. The third kappa shape index (κ3) is 9.08. The summed E-state index contributed by atoms with van der Waals surface area (Å²) in [5, 5.41) is 10.6. The number of benzene rings is 1. The third-order valence-electron chi connectivity index (χ3n) is 7.77. The molecule has 0 aromatic heterocycles. The van der Waals surface area contributed by atoms with Crippen molar-refractivity contribution in [2.75, 3.05) is 20.1 Å². The smallest absolute Gasteiger partial charge is 0.315 e. The van der Waals surface area contributed by atoms with Crippen molar-refractivity contribution in [2.24, 2.45) is 5.73 Å². The van der Waals surface area contributed by atoms with E-state index in [1.165, 1.54) is 17.1 Å². The summed E-state index contributed by atoms with van der Waals surface area (Å²) in [7, 11) is -3.46. The summed E-state index contributed by atoms with van der Waals surface area (Å²) in [5.74, 6) is -3.21. The normalized spacial score (nSPS) is 21.6. The number of primary amides is 1. The van der Waals surface area contributed by atoms with Crippen molar-refractivity contribution >= 4 is 39.8 Å². The number of hydrogen-bond donors (Lipinski definition) is 5. The van der Waals surface area contributed by atoms with Crippen LogP contribution in [0.4, 0.5) is 3.89 Å². The summed E-state index contributed by atoms with van der Waals surface area (Å²) in [6.45, 7) is 2.51. The molecule has 1 aromatic carbocycles. The van der Waals surface area contributed by atoms with E-state index in [0.29, 0.717) is 12.8 Å². The summed E-state index contributed by atoms with van der Waals surface area (Å²) in [4.78, 5) is 66.3. The topological polar surface area (TPSA) is 197 Å². The molecular formula is C30H39FN6O7S. The van der Waals surface area contributed by atoms with Crippen LogP contribution in [-0.4, -0.2) is 91.9 Å². The van der Waals surface area contributed by atoms with E-state index in [0.717, 1.165) is 30.7 Å². The number of carbonyl (C=O) groups is 5. The molecule has 1 aromatic rings. The minimum Gasteiger partial charge on any atom is -0.368 e. The Hall–Kier alpha value is -4.37. The van der Waals surface area contributed by atoms with Gasteiger partial charge in [0.1, 0.15) is 22.9 Å². The molecule has 0 radical (unpaired) electrons. The summed E-state index contributed by atoms with van der Waals surface area (Å²) in [6.07, 6.45) is 6.72. The van der Waals surface area contributed by atoms with Crippen molar-refractivity contribution in [1.29, 1.82) is 0 Å². The van der Waals surface area contributed by atoms with Gasteiger partial charge in [-0.3, -0.25) is 24.0 Å². The monoisotopic (exact) mass is 646 g/mol. The van der Waals surface area contributed by atoms with Crippen molar-refractivity contribution in [3.63, 3.8) is 0 Å². The lowest BCUT2D eigenvalue weighted by Gasteiger charge is -2.30. The highest BCUT2D eigenvalue weighted by atomic mass is 32.3. The van der Waals surface area contributed by atoms with Gasteiger partial charge >= 0.3 is 10.2 Å². The highest BCUT2D eigenvalue weighted by Gasteiger charge is 2.39. The number of amides is 5. The molecule has 1 heterocycles. The van der Waals surface area contributed by atoms with Crippen LogP contribution >= 0.6 is 0 Å². The van der Waals surface area contributed by atoms with Crippen LogP contribution in [0.5, 0.6) is 0 Å². The van der Waals surface area contributed by atoms with Gasteiger partial charge in [-0.25, -0.2) is 0 Å². The van der Waals surface area contributed by atoms with Crippen molar-refractivity contribution in [2.45, 2.75) is 62.0 Å². The number of rotatable bonds is 13. The molecule has 3 rings (SSSR count). The Labute approximate surface area is 261 Å². The summed E-state index contributed by atoms with van der Waals surface area (Å²) in [5.41, 5.74) is 6.32. The molecule has 244 valence electrons. The highest BCUT2D eigenvalue weighted by Crippen LogP contribution is 2.25. The molecule has 0 saturated carbocycles. The largest absolute Gasteiger partial charge is 0.368 e. The van der Waals surface area contributed by atoms with Crippen LogP contribution < -0.4 is 27.0 Å². The van der Waals surface area contributed by atoms with Crippen LogP contribution in [-0.2, 0) is 40.6 Å². The Morgan fingerprint density at radius 1 is 1.09 bits per heavy atom. The summed E-state index contributed by atoms with van der Waals surface area (Å²) in [6, 6.07) is 5.02. The first-order chi connectivity index (χ1) is 21.2. The number of nitrogens with two attached hydrogens (primary N) is 1. The Kier molecular flexibility index (Phi) is 11.8. The number of halogens is 1. The van der Waals surface area contributed by atoms with Crippen LogP contribution in [0.15, 0.2) is 66.3 Å². The fourth-order valence-electron chi connectivity index (χ4n) is 4.79. The van der Waals surface area contributed by atoms with Crippen LogP contribution in [0.25, 0.3) is 0 Å². The van der Waals surface area contributed by atoms with Gasteiger partial charge in [0.05, 0.1) is 6.04 Å². The summed E-state index contributed by atoms with van der Waals surface area (Å²) >= 11 is 0. The maximum atomic E-state index is 13.8. The Bertz CT molecular complexity index is 1500. The van der Waals surface area contributed by atoms with Gasteiger partial charge in [-0.05, 0) is 45.4 Å². The van der Waals surface area contributed by atoms with Crippen LogP contribution in [0, 0.1) is 0 Å². The van der Waals surface area contributed by atoms with E-state index in [1.54, 1.807) is 38.2 Å². The van der Waals surface area contributed by atoms with Crippen LogP contribution in [0.1, 0.15) is 32.3 Å². The van der Waals surface area contributed by atoms with Gasteiger partial charge in [0.2, 0.25) is 23.6 Å². The molecular weight excluding hydrogens is 607 g/mol. The predicted octanol–water partition coefficient (Wildman–Crippen LogP) is -0.490. The summed E-state index contributed by atoms with van der Waals surface area (Å²) < 4.78 is 34.9. The fraction of sp³-hybridized carbons (Fsp3) is 0.433. The van der Waals surface area contributed by atoms with Crippen molar-refractivity contribution in [1.82, 2.24) is 26.2 Å². The number of likely N-dealkylation sites (N-methyl/N-ethyl adjacent to an activating group) is 1. The lowest BCUT2D eigenvalue weighted by molar-refractivity contribution is -0.142. The Morgan fingerprint density at radius 2 is 1.78 bits per heavy atom. The molecule has 1 fully saturated rings. The standard InChI is InChI=1S/C30H39FN6O7S/c1-19(33-3)26(39)36-23(18-34-27(40)21-11-7-14-30(2,15-13-21)45(31,43)44)29(42)37-16-8-12-24(37)28(41)35-22(25(32)38)17-20-9-5-4-6-10-20/h4-7,9-11,13-15,19,22-24,33H,8,12,16-18H2,1-3H3,(H2,32,38)(H,34,40)(H,35,41)(H,36,39)/t19-,22-,23-,24-,30?/m0/s1. The van der Waals surface area contributed by atoms with Gasteiger partial charge in [-0.1, -0.05) is 54.6 Å². The van der Waals surface area contributed by atoms with Crippen LogP contribution in [0.2, 0.25) is 0 Å². The van der Waals surface area contributed by atoms with Gasteiger partial charge in [0.15, 0.2) is 0 Å². The first-order valence-electron chi connectivity index (χ1n) is 14.4. The van der Waals surface area contributed by atoms with Crippen molar-refractivity contribution in [3.05, 3.63) is 71.8 Å². The Balaban J connectivity index is 1.76. The molecule has 0 spiro atoms. The number of nitrogens with one attached hydrogen (secondary N) is 4. The highest BCUT2D eigenvalue weighted by molar-refractivity contribution is 7.88. The Morgan fingerprint density at radius 3 is 2.40 bits per heavy atom. The van der Waals surface area contributed by atoms with Gasteiger partial charge in [0.25, 0.3) is 5.91 Å². The van der Waals surface area contributed by atoms with E-state index in [-0.39, 0.29) is 25.1 Å². The number of hydrogen-bond acceptors (Lipinski definition) is 8. The SMILES string of the molecule is CN[C@@H](C)C(=O)N[C@@H](CNC(=O)C1=CC=CC(C)(S(=O)(=O)F)C=C1)C(=O)N1CCC[C@H]1C(=O)N[C@@H](Cc1ccccc1)C(N)=O. The number of allylic oxidation sites excluding steroid dienone is 2. The molecule has 5 amide bonds. The molecule has 15 heteroatoms. The molecule has 1 aliphatic heterocycles. The zero-order valence-corrected chi connectivity index (χ0v) is 26.1. The average Bonchev–Trinajstić information content (AvgIpc) is 3.40.